The molecule has 1 N–H and O–H groups in total. The summed E-state index contributed by atoms with van der Waals surface area (Å²) in [6.45, 7) is 4.04. The van der Waals surface area contributed by atoms with E-state index in [9.17, 15) is 14.7 Å². The minimum Gasteiger partial charge on any atom is -0.462 e. The number of hydrogen-bond acceptors (Lipinski definition) is 5. The van der Waals surface area contributed by atoms with Gasteiger partial charge in [-0.15, -0.1) is 0 Å². The van der Waals surface area contributed by atoms with Crippen LogP contribution in [0, 0.1) is 0 Å². The van der Waals surface area contributed by atoms with Crippen molar-refractivity contribution in [2.24, 2.45) is 0 Å². The molecule has 0 heterocycles. The predicted molar refractivity (Wildman–Crippen MR) is 182 cm³/mol. The minimum absolute atomic E-state index is 0.0868. The average Bonchev–Trinajstić information content (AvgIpc) is 3.01. The number of unbranched alkanes of at least 4 members (excludes halogenated alkanes) is 15. The van der Waals surface area contributed by atoms with Gasteiger partial charge in [-0.2, -0.15) is 0 Å². The van der Waals surface area contributed by atoms with Gasteiger partial charge in [0.1, 0.15) is 6.61 Å². The minimum atomic E-state index is -0.796. The van der Waals surface area contributed by atoms with Gasteiger partial charge in [-0.1, -0.05) is 146 Å². The van der Waals surface area contributed by atoms with Gasteiger partial charge in [0.05, 0.1) is 6.61 Å². The maximum Gasteiger partial charge on any atom is 0.306 e. The second-order valence-electron chi connectivity index (χ2n) is 11.6. The Kier molecular flexibility index (Phi) is 32.6. The number of esters is 2. The summed E-state index contributed by atoms with van der Waals surface area (Å²) in [6.07, 6.45) is 41.7. The zero-order valence-electron chi connectivity index (χ0n) is 28.0. The van der Waals surface area contributed by atoms with Gasteiger partial charge in [0.15, 0.2) is 6.10 Å². The van der Waals surface area contributed by atoms with E-state index in [4.69, 9.17) is 9.47 Å². The van der Waals surface area contributed by atoms with Crippen molar-refractivity contribution in [2.75, 3.05) is 13.2 Å². The van der Waals surface area contributed by atoms with Gasteiger partial charge in [0, 0.05) is 12.8 Å². The molecule has 0 saturated heterocycles. The maximum atomic E-state index is 12.1. The molecule has 0 spiro atoms. The van der Waals surface area contributed by atoms with Gasteiger partial charge in [0.2, 0.25) is 0 Å². The fraction of sp³-hybridized carbons (Fsp3) is 0.737. The van der Waals surface area contributed by atoms with Gasteiger partial charge in [-0.3, -0.25) is 9.59 Å². The van der Waals surface area contributed by atoms with Crippen molar-refractivity contribution in [2.45, 2.75) is 168 Å². The van der Waals surface area contributed by atoms with Crippen molar-refractivity contribution in [1.29, 1.82) is 0 Å². The first-order valence-corrected chi connectivity index (χ1v) is 17.7. The van der Waals surface area contributed by atoms with E-state index in [1.807, 2.05) is 0 Å². The van der Waals surface area contributed by atoms with Crippen LogP contribution in [0.4, 0.5) is 0 Å². The van der Waals surface area contributed by atoms with E-state index in [-0.39, 0.29) is 31.6 Å². The van der Waals surface area contributed by atoms with Crippen LogP contribution in [-0.4, -0.2) is 36.4 Å². The lowest BCUT2D eigenvalue weighted by Gasteiger charge is -2.15. The largest absolute Gasteiger partial charge is 0.462 e. The fourth-order valence-corrected chi connectivity index (χ4v) is 4.66. The quantitative estimate of drug-likeness (QED) is 0.0485. The highest BCUT2D eigenvalue weighted by Gasteiger charge is 2.15. The van der Waals surface area contributed by atoms with Crippen molar-refractivity contribution < 1.29 is 24.2 Å². The SMILES string of the molecule is CCCCCC=CCC=CCC=CCC=CCCCC(=O)OC(CO)COC(=O)CCCCCCCCCCCCCC. The molecule has 0 radical (unpaired) electrons. The normalized spacial score (nSPS) is 12.7. The van der Waals surface area contributed by atoms with E-state index >= 15 is 0 Å². The second-order valence-corrected chi connectivity index (χ2v) is 11.6. The van der Waals surface area contributed by atoms with Gasteiger partial charge < -0.3 is 14.6 Å². The third-order valence-corrected chi connectivity index (χ3v) is 7.38. The van der Waals surface area contributed by atoms with E-state index in [0.29, 0.717) is 12.8 Å². The fourth-order valence-electron chi connectivity index (χ4n) is 4.66. The molecule has 0 saturated carbocycles. The summed E-state index contributed by atoms with van der Waals surface area (Å²) in [5.74, 6) is -0.658. The van der Waals surface area contributed by atoms with E-state index in [1.165, 1.54) is 83.5 Å². The molecule has 0 aliphatic heterocycles. The number of aliphatic hydroxyl groups excluding tert-OH is 1. The molecule has 0 aromatic carbocycles. The van der Waals surface area contributed by atoms with Crippen molar-refractivity contribution >= 4 is 11.9 Å². The van der Waals surface area contributed by atoms with Crippen molar-refractivity contribution in [3.8, 4) is 0 Å². The molecule has 0 fully saturated rings. The molecule has 0 aromatic heterocycles. The Labute approximate surface area is 265 Å². The Morgan fingerprint density at radius 3 is 1.47 bits per heavy atom. The first-order valence-electron chi connectivity index (χ1n) is 17.7. The molecule has 1 unspecified atom stereocenters. The van der Waals surface area contributed by atoms with Gasteiger partial charge in [0.25, 0.3) is 0 Å². The van der Waals surface area contributed by atoms with Crippen LogP contribution in [0.25, 0.3) is 0 Å². The molecule has 5 nitrogen and oxygen atoms in total. The van der Waals surface area contributed by atoms with Crippen LogP contribution in [0.15, 0.2) is 48.6 Å². The highest BCUT2D eigenvalue weighted by molar-refractivity contribution is 5.70. The Bertz CT molecular complexity index is 737. The van der Waals surface area contributed by atoms with Crippen LogP contribution in [0.3, 0.4) is 0 Å². The molecule has 1 atom stereocenters. The van der Waals surface area contributed by atoms with Crippen LogP contribution >= 0.6 is 0 Å². The van der Waals surface area contributed by atoms with Gasteiger partial charge in [-0.25, -0.2) is 0 Å². The van der Waals surface area contributed by atoms with Crippen LogP contribution in [0.5, 0.6) is 0 Å². The second kappa shape index (κ2) is 34.4. The molecular weight excluding hydrogens is 536 g/mol. The first-order chi connectivity index (χ1) is 21.1. The molecule has 0 amide bonds. The number of allylic oxidation sites excluding steroid dienone is 8. The number of carbonyl (C=O) groups is 2. The molecule has 5 heteroatoms. The highest BCUT2D eigenvalue weighted by Crippen LogP contribution is 2.13. The average molecular weight is 603 g/mol. The monoisotopic (exact) mass is 602 g/mol. The van der Waals surface area contributed by atoms with Crippen LogP contribution in [-0.2, 0) is 19.1 Å². The Morgan fingerprint density at radius 1 is 0.535 bits per heavy atom. The first kappa shape index (κ1) is 40.9. The van der Waals surface area contributed by atoms with Crippen LogP contribution in [0.1, 0.15) is 162 Å². The Balaban J connectivity index is 3.70. The van der Waals surface area contributed by atoms with Crippen molar-refractivity contribution in [1.82, 2.24) is 0 Å². The summed E-state index contributed by atoms with van der Waals surface area (Å²) in [5, 5.41) is 9.50. The molecular formula is C38H66O5. The molecule has 0 aromatic rings. The smallest absolute Gasteiger partial charge is 0.306 e. The summed E-state index contributed by atoms with van der Waals surface area (Å²) in [6, 6.07) is 0. The summed E-state index contributed by atoms with van der Waals surface area (Å²) in [5.41, 5.74) is 0. The Hall–Kier alpha value is -2.14. The van der Waals surface area contributed by atoms with Crippen molar-refractivity contribution in [3.05, 3.63) is 48.6 Å². The standard InChI is InChI=1S/C38H66O5/c1-3-5-7-9-11-13-15-17-18-19-20-21-23-25-27-29-31-33-38(41)43-36(34-39)35-42-37(40)32-30-28-26-24-22-16-14-12-10-8-6-4-2/h11,13,17-18,20-21,25,27,36,39H,3-10,12,14-16,19,22-24,26,28-35H2,1-2H3. The molecule has 0 aliphatic rings. The Morgan fingerprint density at radius 2 is 0.953 bits per heavy atom. The number of carbonyl (C=O) groups excluding carboxylic acids is 2. The third-order valence-electron chi connectivity index (χ3n) is 7.38. The predicted octanol–water partition coefficient (Wildman–Crippen LogP) is 10.7. The number of aliphatic hydroxyl groups is 1. The molecule has 43 heavy (non-hydrogen) atoms. The van der Waals surface area contributed by atoms with E-state index in [1.54, 1.807) is 0 Å². The van der Waals surface area contributed by atoms with Gasteiger partial charge >= 0.3 is 11.9 Å². The van der Waals surface area contributed by atoms with Gasteiger partial charge in [-0.05, 0) is 51.4 Å². The zero-order valence-corrected chi connectivity index (χ0v) is 28.0. The third kappa shape index (κ3) is 32.6. The maximum absolute atomic E-state index is 12.1. The van der Waals surface area contributed by atoms with Crippen molar-refractivity contribution in [3.63, 3.8) is 0 Å². The summed E-state index contributed by atoms with van der Waals surface area (Å²) in [7, 11) is 0. The van der Waals surface area contributed by atoms with E-state index in [0.717, 1.165) is 44.9 Å². The number of hydrogen-bond donors (Lipinski definition) is 1. The van der Waals surface area contributed by atoms with E-state index < -0.39 is 6.10 Å². The van der Waals surface area contributed by atoms with Crippen LogP contribution in [0.2, 0.25) is 0 Å². The van der Waals surface area contributed by atoms with Crippen LogP contribution < -0.4 is 0 Å². The summed E-state index contributed by atoms with van der Waals surface area (Å²) < 4.78 is 10.5. The molecule has 0 rings (SSSR count). The number of rotatable bonds is 31. The summed E-state index contributed by atoms with van der Waals surface area (Å²) in [4.78, 5) is 24.1. The molecule has 0 aliphatic carbocycles. The lowest BCUT2D eigenvalue weighted by atomic mass is 10.0. The highest BCUT2D eigenvalue weighted by atomic mass is 16.6. The lowest BCUT2D eigenvalue weighted by molar-refractivity contribution is -0.161. The topological polar surface area (TPSA) is 72.8 Å². The van der Waals surface area contributed by atoms with E-state index in [2.05, 4.69) is 62.5 Å². The number of ether oxygens (including phenoxy) is 2. The molecule has 0 bridgehead atoms. The summed E-state index contributed by atoms with van der Waals surface area (Å²) >= 11 is 0. The zero-order chi connectivity index (χ0) is 31.5. The lowest BCUT2D eigenvalue weighted by Crippen LogP contribution is -2.28. The molecule has 248 valence electrons.